The summed E-state index contributed by atoms with van der Waals surface area (Å²) < 4.78 is 9.59. The molecule has 0 amide bonds. The predicted octanol–water partition coefficient (Wildman–Crippen LogP) is 2.73. The highest BCUT2D eigenvalue weighted by molar-refractivity contribution is 6.14. The van der Waals surface area contributed by atoms with Gasteiger partial charge in [0.05, 0.1) is 13.2 Å². The van der Waals surface area contributed by atoms with Gasteiger partial charge in [-0.2, -0.15) is 0 Å². The highest BCUT2D eigenvalue weighted by atomic mass is 16.6. The quantitative estimate of drug-likeness (QED) is 0.233. The molecule has 0 radical (unpaired) electrons. The number of carbonyl (C=O) groups is 2. The highest BCUT2D eigenvalue weighted by Gasteiger charge is 2.19. The Morgan fingerprint density at radius 2 is 1.32 bits per heavy atom. The minimum Gasteiger partial charge on any atom is -0.462 e. The summed E-state index contributed by atoms with van der Waals surface area (Å²) in [5.41, 5.74) is -0.112. The summed E-state index contributed by atoms with van der Waals surface area (Å²) in [6, 6.07) is 0. The SMILES string of the molecule is C/C=C/C=C/C=C/C=C(C(=O)OCC)C(=O)OCC. The Hall–Kier alpha value is -2.10. The topological polar surface area (TPSA) is 52.6 Å². The van der Waals surface area contributed by atoms with Gasteiger partial charge in [-0.3, -0.25) is 0 Å². The zero-order valence-corrected chi connectivity index (χ0v) is 11.6. The Kier molecular flexibility index (Phi) is 9.80. The van der Waals surface area contributed by atoms with Crippen molar-refractivity contribution >= 4 is 11.9 Å². The third-order valence-electron chi connectivity index (χ3n) is 1.89. The molecule has 4 heteroatoms. The lowest BCUT2D eigenvalue weighted by Crippen LogP contribution is -2.18. The molecule has 0 aromatic carbocycles. The van der Waals surface area contributed by atoms with Crippen LogP contribution in [0.25, 0.3) is 0 Å². The number of esters is 2. The molecule has 0 saturated carbocycles. The van der Waals surface area contributed by atoms with Crippen LogP contribution in [0.5, 0.6) is 0 Å². The molecule has 0 aromatic heterocycles. The molecular formula is C15H20O4. The third kappa shape index (κ3) is 7.76. The molecule has 0 aromatic rings. The first-order chi connectivity index (χ1) is 9.17. The molecule has 0 atom stereocenters. The van der Waals surface area contributed by atoms with Gasteiger partial charge < -0.3 is 9.47 Å². The van der Waals surface area contributed by atoms with E-state index in [1.165, 1.54) is 6.08 Å². The van der Waals surface area contributed by atoms with E-state index in [9.17, 15) is 9.59 Å². The summed E-state index contributed by atoms with van der Waals surface area (Å²) in [5.74, 6) is -1.36. The fourth-order valence-electron chi connectivity index (χ4n) is 1.09. The van der Waals surface area contributed by atoms with Crippen LogP contribution in [0.1, 0.15) is 20.8 Å². The minimum absolute atomic E-state index is 0.112. The third-order valence-corrected chi connectivity index (χ3v) is 1.89. The van der Waals surface area contributed by atoms with Crippen LogP contribution in [-0.4, -0.2) is 25.2 Å². The van der Waals surface area contributed by atoms with Crippen molar-refractivity contribution in [1.82, 2.24) is 0 Å². The van der Waals surface area contributed by atoms with Crippen LogP contribution in [0, 0.1) is 0 Å². The second-order valence-electron chi connectivity index (χ2n) is 3.32. The molecule has 0 aliphatic rings. The summed E-state index contributed by atoms with van der Waals surface area (Å²) >= 11 is 0. The van der Waals surface area contributed by atoms with Gasteiger partial charge in [0.25, 0.3) is 0 Å². The van der Waals surface area contributed by atoms with Crippen molar-refractivity contribution in [2.75, 3.05) is 13.2 Å². The van der Waals surface area contributed by atoms with Gasteiger partial charge in [0, 0.05) is 0 Å². The molecule has 0 fully saturated rings. The summed E-state index contributed by atoms with van der Waals surface area (Å²) in [6.45, 7) is 5.68. The van der Waals surface area contributed by atoms with Crippen LogP contribution in [0.2, 0.25) is 0 Å². The fourth-order valence-corrected chi connectivity index (χ4v) is 1.09. The van der Waals surface area contributed by atoms with E-state index < -0.39 is 11.9 Å². The van der Waals surface area contributed by atoms with Crippen LogP contribution in [0.4, 0.5) is 0 Å². The van der Waals surface area contributed by atoms with Crippen molar-refractivity contribution in [3.63, 3.8) is 0 Å². The van der Waals surface area contributed by atoms with Crippen molar-refractivity contribution in [2.45, 2.75) is 20.8 Å². The average molecular weight is 264 g/mol. The van der Waals surface area contributed by atoms with Crippen LogP contribution >= 0.6 is 0 Å². The molecule has 0 aliphatic heterocycles. The van der Waals surface area contributed by atoms with E-state index in [1.807, 2.05) is 25.2 Å². The standard InChI is InChI=1S/C15H20O4/c1-4-7-8-9-10-11-12-13(14(16)18-5-2)15(17)19-6-3/h4,7-12H,5-6H2,1-3H3/b7-4+,9-8+,11-10+. The number of allylic oxidation sites excluding steroid dienone is 7. The average Bonchev–Trinajstić information content (AvgIpc) is 2.38. The van der Waals surface area contributed by atoms with E-state index in [4.69, 9.17) is 9.47 Å². The van der Waals surface area contributed by atoms with E-state index in [1.54, 1.807) is 32.1 Å². The van der Waals surface area contributed by atoms with E-state index in [-0.39, 0.29) is 18.8 Å². The number of ether oxygens (including phenoxy) is 2. The maximum absolute atomic E-state index is 11.6. The van der Waals surface area contributed by atoms with Crippen LogP contribution in [0.3, 0.4) is 0 Å². The van der Waals surface area contributed by atoms with Gasteiger partial charge in [0.1, 0.15) is 5.57 Å². The molecule has 19 heavy (non-hydrogen) atoms. The lowest BCUT2D eigenvalue weighted by molar-refractivity contribution is -0.146. The monoisotopic (exact) mass is 264 g/mol. The molecule has 0 spiro atoms. The Labute approximate surface area is 114 Å². The van der Waals surface area contributed by atoms with Crippen molar-refractivity contribution < 1.29 is 19.1 Å². The largest absolute Gasteiger partial charge is 0.462 e. The lowest BCUT2D eigenvalue weighted by Gasteiger charge is -2.05. The molecule has 0 rings (SSSR count). The molecule has 0 N–H and O–H groups in total. The first-order valence-electron chi connectivity index (χ1n) is 6.17. The van der Waals surface area contributed by atoms with E-state index >= 15 is 0 Å². The van der Waals surface area contributed by atoms with Crippen LogP contribution in [-0.2, 0) is 19.1 Å². The molecule has 0 aliphatic carbocycles. The molecule has 0 heterocycles. The maximum Gasteiger partial charge on any atom is 0.345 e. The summed E-state index contributed by atoms with van der Waals surface area (Å²) in [6.07, 6.45) is 12.1. The van der Waals surface area contributed by atoms with Crippen LogP contribution in [0.15, 0.2) is 48.1 Å². The molecular weight excluding hydrogens is 244 g/mol. The number of rotatable bonds is 7. The second kappa shape index (κ2) is 11.0. The van der Waals surface area contributed by atoms with Crippen molar-refractivity contribution in [2.24, 2.45) is 0 Å². The van der Waals surface area contributed by atoms with Crippen molar-refractivity contribution in [3.05, 3.63) is 48.1 Å². The summed E-state index contributed by atoms with van der Waals surface area (Å²) in [7, 11) is 0. The summed E-state index contributed by atoms with van der Waals surface area (Å²) in [5, 5.41) is 0. The molecule has 4 nitrogen and oxygen atoms in total. The number of hydrogen-bond donors (Lipinski definition) is 0. The number of carbonyl (C=O) groups excluding carboxylic acids is 2. The van der Waals surface area contributed by atoms with Gasteiger partial charge in [-0.1, -0.05) is 36.5 Å². The minimum atomic E-state index is -0.678. The van der Waals surface area contributed by atoms with E-state index in [2.05, 4.69) is 0 Å². The van der Waals surface area contributed by atoms with Gasteiger partial charge in [-0.05, 0) is 26.8 Å². The maximum atomic E-state index is 11.6. The van der Waals surface area contributed by atoms with Gasteiger partial charge >= 0.3 is 11.9 Å². The fraction of sp³-hybridized carbons (Fsp3) is 0.333. The Bertz CT molecular complexity index is 380. The Morgan fingerprint density at radius 1 is 0.842 bits per heavy atom. The zero-order chi connectivity index (χ0) is 14.5. The van der Waals surface area contributed by atoms with E-state index in [0.29, 0.717) is 0 Å². The smallest absolute Gasteiger partial charge is 0.345 e. The lowest BCUT2D eigenvalue weighted by atomic mass is 10.2. The highest BCUT2D eigenvalue weighted by Crippen LogP contribution is 2.03. The number of hydrogen-bond acceptors (Lipinski definition) is 4. The molecule has 0 unspecified atom stereocenters. The Morgan fingerprint density at radius 3 is 1.79 bits per heavy atom. The molecule has 0 saturated heterocycles. The first-order valence-corrected chi connectivity index (χ1v) is 6.17. The van der Waals surface area contributed by atoms with Gasteiger partial charge in [0.15, 0.2) is 0 Å². The normalized spacial score (nSPS) is 11.1. The Balaban J connectivity index is 4.82. The van der Waals surface area contributed by atoms with Crippen LogP contribution < -0.4 is 0 Å². The summed E-state index contributed by atoms with van der Waals surface area (Å²) in [4.78, 5) is 23.1. The zero-order valence-electron chi connectivity index (χ0n) is 11.6. The van der Waals surface area contributed by atoms with E-state index in [0.717, 1.165) is 0 Å². The molecule has 0 bridgehead atoms. The predicted molar refractivity (Wildman–Crippen MR) is 74.4 cm³/mol. The van der Waals surface area contributed by atoms with Gasteiger partial charge in [-0.25, -0.2) is 9.59 Å². The van der Waals surface area contributed by atoms with Gasteiger partial charge in [0.2, 0.25) is 0 Å². The first kappa shape index (κ1) is 16.9. The van der Waals surface area contributed by atoms with Gasteiger partial charge in [-0.15, -0.1) is 0 Å². The van der Waals surface area contributed by atoms with Crippen molar-refractivity contribution in [3.8, 4) is 0 Å². The molecule has 104 valence electrons. The second-order valence-corrected chi connectivity index (χ2v) is 3.32. The van der Waals surface area contributed by atoms with Crippen molar-refractivity contribution in [1.29, 1.82) is 0 Å².